The first-order valence-corrected chi connectivity index (χ1v) is 4.66. The van der Waals surface area contributed by atoms with Crippen LogP contribution in [0.15, 0.2) is 0 Å². The minimum Gasteiger partial charge on any atom is -0.366 e. The maximum Gasteiger partial charge on any atom is 0.248 e. The summed E-state index contributed by atoms with van der Waals surface area (Å²) in [4.78, 5) is 13.1. The first-order valence-electron chi connectivity index (χ1n) is 4.66. The summed E-state index contributed by atoms with van der Waals surface area (Å²) in [6.07, 6.45) is 5.06. The van der Waals surface area contributed by atoms with Crippen LogP contribution in [0.2, 0.25) is 0 Å². The zero-order chi connectivity index (χ0) is 8.55. The van der Waals surface area contributed by atoms with Crippen LogP contribution in [0.1, 0.15) is 25.7 Å². The molecule has 1 heterocycles. The van der Waals surface area contributed by atoms with Gasteiger partial charge in [-0.1, -0.05) is 12.8 Å². The van der Waals surface area contributed by atoms with E-state index < -0.39 is 0 Å². The topological polar surface area (TPSA) is 29.5 Å². The van der Waals surface area contributed by atoms with Gasteiger partial charge in [0.1, 0.15) is 6.61 Å². The number of hydrogen-bond donors (Lipinski definition) is 0. The van der Waals surface area contributed by atoms with E-state index >= 15 is 0 Å². The number of hydrogen-bond acceptors (Lipinski definition) is 2. The third-order valence-corrected chi connectivity index (χ3v) is 2.98. The molecule has 0 N–H and O–H groups in total. The molecule has 68 valence electrons. The van der Waals surface area contributed by atoms with E-state index in [1.165, 1.54) is 12.8 Å². The highest BCUT2D eigenvalue weighted by Crippen LogP contribution is 2.27. The summed E-state index contributed by atoms with van der Waals surface area (Å²) in [6.45, 7) is 0.289. The average Bonchev–Trinajstić information content (AvgIpc) is 2.12. The minimum atomic E-state index is 0.137. The van der Waals surface area contributed by atoms with Crippen LogP contribution in [0, 0.1) is 0 Å². The molecule has 1 aliphatic heterocycles. The van der Waals surface area contributed by atoms with E-state index in [0.717, 1.165) is 12.8 Å². The maximum atomic E-state index is 11.2. The molecular weight excluding hydrogens is 154 g/mol. The quantitative estimate of drug-likeness (QED) is 0.536. The number of likely N-dealkylation sites (N-methyl/N-ethyl adjacent to an activating group) is 1. The predicted octanol–water partition coefficient (Wildman–Crippen LogP) is 0.786. The Kier molecular flexibility index (Phi) is 2.05. The van der Waals surface area contributed by atoms with Crippen molar-refractivity contribution in [1.29, 1.82) is 0 Å². The van der Waals surface area contributed by atoms with Gasteiger partial charge in [-0.2, -0.15) is 0 Å². The van der Waals surface area contributed by atoms with Crippen molar-refractivity contribution in [3.63, 3.8) is 0 Å². The number of morpholine rings is 1. The molecule has 0 radical (unpaired) electrons. The Morgan fingerprint density at radius 3 is 3.00 bits per heavy atom. The summed E-state index contributed by atoms with van der Waals surface area (Å²) >= 11 is 0. The lowest BCUT2D eigenvalue weighted by molar-refractivity contribution is -0.157. The molecule has 1 aliphatic carbocycles. The highest BCUT2D eigenvalue weighted by atomic mass is 16.5. The molecule has 0 aromatic rings. The van der Waals surface area contributed by atoms with E-state index in [9.17, 15) is 4.79 Å². The van der Waals surface area contributed by atoms with Gasteiger partial charge in [0.25, 0.3) is 0 Å². The Labute approximate surface area is 72.7 Å². The number of fused-ring (bicyclic) bond motifs is 1. The van der Waals surface area contributed by atoms with Gasteiger partial charge in [0.2, 0.25) is 5.91 Å². The van der Waals surface area contributed by atoms with Crippen LogP contribution in [0.4, 0.5) is 0 Å². The molecule has 0 aromatic heterocycles. The molecule has 2 atom stereocenters. The van der Waals surface area contributed by atoms with Crippen LogP contribution in [0.3, 0.4) is 0 Å². The summed E-state index contributed by atoms with van der Waals surface area (Å²) in [5.41, 5.74) is 0. The van der Waals surface area contributed by atoms with Gasteiger partial charge in [0, 0.05) is 7.05 Å². The second kappa shape index (κ2) is 3.05. The molecule has 12 heavy (non-hydrogen) atoms. The van der Waals surface area contributed by atoms with Crippen molar-refractivity contribution in [2.45, 2.75) is 37.8 Å². The van der Waals surface area contributed by atoms with E-state index in [4.69, 9.17) is 4.74 Å². The molecule has 1 saturated heterocycles. The zero-order valence-corrected chi connectivity index (χ0v) is 7.45. The first kappa shape index (κ1) is 8.05. The van der Waals surface area contributed by atoms with Crippen molar-refractivity contribution in [1.82, 2.24) is 4.90 Å². The fourth-order valence-electron chi connectivity index (χ4n) is 2.18. The van der Waals surface area contributed by atoms with E-state index in [-0.39, 0.29) is 12.5 Å². The van der Waals surface area contributed by atoms with E-state index in [0.29, 0.717) is 12.1 Å². The highest BCUT2D eigenvalue weighted by Gasteiger charge is 2.35. The highest BCUT2D eigenvalue weighted by molar-refractivity contribution is 5.78. The van der Waals surface area contributed by atoms with E-state index in [2.05, 4.69) is 0 Å². The number of ether oxygens (including phenoxy) is 1. The lowest BCUT2D eigenvalue weighted by atomic mass is 9.90. The van der Waals surface area contributed by atoms with Gasteiger partial charge in [-0.05, 0) is 12.8 Å². The average molecular weight is 169 g/mol. The van der Waals surface area contributed by atoms with Crippen molar-refractivity contribution in [2.75, 3.05) is 13.7 Å². The number of rotatable bonds is 0. The van der Waals surface area contributed by atoms with Crippen LogP contribution in [-0.4, -0.2) is 36.6 Å². The van der Waals surface area contributed by atoms with Crippen molar-refractivity contribution in [3.8, 4) is 0 Å². The van der Waals surface area contributed by atoms with Crippen LogP contribution in [-0.2, 0) is 9.53 Å². The standard InChI is InChI=1S/C9H15NO2/c1-10-7-4-2-3-5-8(7)12-6-9(10)11/h7-8H,2-6H2,1H3/t7-,8+/m0/s1. The van der Waals surface area contributed by atoms with Crippen molar-refractivity contribution < 1.29 is 9.53 Å². The van der Waals surface area contributed by atoms with Gasteiger partial charge in [0.05, 0.1) is 12.1 Å². The third-order valence-electron chi connectivity index (χ3n) is 2.98. The molecule has 2 rings (SSSR count). The maximum absolute atomic E-state index is 11.2. The van der Waals surface area contributed by atoms with Gasteiger partial charge >= 0.3 is 0 Å². The fraction of sp³-hybridized carbons (Fsp3) is 0.889. The summed E-state index contributed by atoms with van der Waals surface area (Å²) < 4.78 is 5.47. The Balaban J connectivity index is 2.08. The van der Waals surface area contributed by atoms with Gasteiger partial charge in [-0.3, -0.25) is 4.79 Å². The number of nitrogens with zero attached hydrogens (tertiary/aromatic N) is 1. The number of carbonyl (C=O) groups is 1. The van der Waals surface area contributed by atoms with Crippen molar-refractivity contribution in [2.24, 2.45) is 0 Å². The first-order chi connectivity index (χ1) is 5.79. The SMILES string of the molecule is CN1C(=O)CO[C@@H]2CCCC[C@@H]21. The molecule has 1 amide bonds. The van der Waals surface area contributed by atoms with E-state index in [1.54, 1.807) is 0 Å². The van der Waals surface area contributed by atoms with Gasteiger partial charge in [-0.25, -0.2) is 0 Å². The Morgan fingerprint density at radius 1 is 1.42 bits per heavy atom. The molecule has 2 fully saturated rings. The zero-order valence-electron chi connectivity index (χ0n) is 7.45. The molecule has 2 aliphatic rings. The third kappa shape index (κ3) is 1.22. The molecule has 3 heteroatoms. The largest absolute Gasteiger partial charge is 0.366 e. The Hall–Kier alpha value is -0.570. The summed E-state index contributed by atoms with van der Waals surface area (Å²) in [6, 6.07) is 0.361. The predicted molar refractivity (Wildman–Crippen MR) is 44.8 cm³/mol. The molecule has 0 aromatic carbocycles. The molecule has 0 unspecified atom stereocenters. The molecule has 0 bridgehead atoms. The summed E-state index contributed by atoms with van der Waals surface area (Å²) in [7, 11) is 1.90. The molecular formula is C9H15NO2. The van der Waals surface area contributed by atoms with Gasteiger partial charge < -0.3 is 9.64 Å². The normalized spacial score (nSPS) is 36.4. The van der Waals surface area contributed by atoms with Gasteiger partial charge in [-0.15, -0.1) is 0 Å². The summed E-state index contributed by atoms with van der Waals surface area (Å²) in [5.74, 6) is 0.137. The van der Waals surface area contributed by atoms with Crippen molar-refractivity contribution >= 4 is 5.91 Å². The second-order valence-corrected chi connectivity index (χ2v) is 3.71. The Bertz CT molecular complexity index is 193. The number of amides is 1. The van der Waals surface area contributed by atoms with Crippen molar-refractivity contribution in [3.05, 3.63) is 0 Å². The lowest BCUT2D eigenvalue weighted by Crippen LogP contribution is -2.53. The van der Waals surface area contributed by atoms with E-state index in [1.807, 2.05) is 11.9 Å². The smallest absolute Gasteiger partial charge is 0.248 e. The fourth-order valence-corrected chi connectivity index (χ4v) is 2.18. The monoisotopic (exact) mass is 169 g/mol. The Morgan fingerprint density at radius 2 is 2.17 bits per heavy atom. The second-order valence-electron chi connectivity index (χ2n) is 3.71. The van der Waals surface area contributed by atoms with Gasteiger partial charge in [0.15, 0.2) is 0 Å². The van der Waals surface area contributed by atoms with Crippen LogP contribution in [0.25, 0.3) is 0 Å². The minimum absolute atomic E-state index is 0.137. The summed E-state index contributed by atoms with van der Waals surface area (Å²) in [5, 5.41) is 0. The van der Waals surface area contributed by atoms with Crippen LogP contribution < -0.4 is 0 Å². The van der Waals surface area contributed by atoms with Crippen LogP contribution >= 0.6 is 0 Å². The lowest BCUT2D eigenvalue weighted by Gasteiger charge is -2.41. The number of carbonyl (C=O) groups excluding carboxylic acids is 1. The van der Waals surface area contributed by atoms with Crippen LogP contribution in [0.5, 0.6) is 0 Å². The molecule has 3 nitrogen and oxygen atoms in total. The molecule has 1 saturated carbocycles. The molecule has 0 spiro atoms.